The van der Waals surface area contributed by atoms with Crippen molar-refractivity contribution in [2.45, 2.75) is 0 Å². The number of fused-ring (bicyclic) bond motifs is 1. The average Bonchev–Trinajstić information content (AvgIpc) is 2.53. The van der Waals surface area contributed by atoms with Crippen LogP contribution in [0, 0.1) is 0 Å². The minimum atomic E-state index is -0.167. The fourth-order valence-electron chi connectivity index (χ4n) is 2.51. The van der Waals surface area contributed by atoms with Gasteiger partial charge >= 0.3 is 0 Å². The number of phenolic OH excluding ortho intramolecular Hbond substituents is 1. The van der Waals surface area contributed by atoms with Gasteiger partial charge in [-0.1, -0.05) is 18.2 Å². The summed E-state index contributed by atoms with van der Waals surface area (Å²) in [6.45, 7) is 0. The van der Waals surface area contributed by atoms with E-state index in [9.17, 15) is 9.90 Å². The number of nitrogens with two attached hydrogens (primary N) is 1. The number of phenols is 1. The number of nitrogens with one attached hydrogen (secondary N) is 1. The van der Waals surface area contributed by atoms with Crippen LogP contribution in [0.3, 0.4) is 0 Å². The highest BCUT2D eigenvalue weighted by Gasteiger charge is 2.08. The molecule has 0 saturated carbocycles. The minimum Gasteiger partial charge on any atom is -0.508 e. The number of amides is 1. The van der Waals surface area contributed by atoms with Crippen molar-refractivity contribution in [3.05, 3.63) is 60.2 Å². The second kappa shape index (κ2) is 5.41. The summed E-state index contributed by atoms with van der Waals surface area (Å²) in [6.07, 6.45) is 0. The van der Waals surface area contributed by atoms with Gasteiger partial charge in [0.1, 0.15) is 5.75 Å². The molecule has 110 valence electrons. The fraction of sp³-hybridized carbons (Fsp3) is 0.0556. The molecule has 0 unspecified atom stereocenters. The SMILES string of the molecule is CNC(=O)c1cc(N)cc(-c2ccc3cc(O)ccc3c2)c1. The molecule has 3 aromatic carbocycles. The van der Waals surface area contributed by atoms with Crippen molar-refractivity contribution >= 4 is 22.4 Å². The monoisotopic (exact) mass is 292 g/mol. The molecular formula is C18H16N2O2. The Labute approximate surface area is 128 Å². The van der Waals surface area contributed by atoms with E-state index < -0.39 is 0 Å². The molecule has 22 heavy (non-hydrogen) atoms. The molecule has 3 rings (SSSR count). The quantitative estimate of drug-likeness (QED) is 0.635. The Morgan fingerprint density at radius 1 is 0.955 bits per heavy atom. The van der Waals surface area contributed by atoms with Crippen molar-refractivity contribution in [3.8, 4) is 16.9 Å². The van der Waals surface area contributed by atoms with Crippen molar-refractivity contribution < 1.29 is 9.90 Å². The van der Waals surface area contributed by atoms with Crippen molar-refractivity contribution in [1.29, 1.82) is 0 Å². The summed E-state index contributed by atoms with van der Waals surface area (Å²) in [5.41, 5.74) is 8.83. The first kappa shape index (κ1) is 13.9. The average molecular weight is 292 g/mol. The number of rotatable bonds is 2. The van der Waals surface area contributed by atoms with E-state index in [1.54, 1.807) is 25.2 Å². The third-order valence-electron chi connectivity index (χ3n) is 3.60. The highest BCUT2D eigenvalue weighted by molar-refractivity contribution is 5.97. The molecule has 0 radical (unpaired) electrons. The van der Waals surface area contributed by atoms with Crippen LogP contribution < -0.4 is 11.1 Å². The molecule has 3 aromatic rings. The molecule has 0 spiro atoms. The van der Waals surface area contributed by atoms with Crippen LogP contribution >= 0.6 is 0 Å². The van der Waals surface area contributed by atoms with Crippen molar-refractivity contribution in [3.63, 3.8) is 0 Å². The molecule has 0 aromatic heterocycles. The first-order chi connectivity index (χ1) is 10.6. The van der Waals surface area contributed by atoms with Crippen LogP contribution in [-0.4, -0.2) is 18.1 Å². The standard InChI is InChI=1S/C18H16N2O2/c1-20-18(22)15-7-14(8-16(19)9-15)12-2-3-13-10-17(21)5-4-11(13)6-12/h2-10,21H,19H2,1H3,(H,20,22). The maximum absolute atomic E-state index is 11.8. The summed E-state index contributed by atoms with van der Waals surface area (Å²) < 4.78 is 0. The smallest absolute Gasteiger partial charge is 0.251 e. The summed E-state index contributed by atoms with van der Waals surface area (Å²) in [7, 11) is 1.59. The van der Waals surface area contributed by atoms with Gasteiger partial charge in [0.2, 0.25) is 0 Å². The van der Waals surface area contributed by atoms with Gasteiger partial charge in [-0.05, 0) is 58.3 Å². The largest absolute Gasteiger partial charge is 0.508 e. The number of nitrogen functional groups attached to an aromatic ring is 1. The van der Waals surface area contributed by atoms with Gasteiger partial charge in [-0.15, -0.1) is 0 Å². The van der Waals surface area contributed by atoms with Crippen LogP contribution in [0.2, 0.25) is 0 Å². The molecule has 0 aliphatic carbocycles. The topological polar surface area (TPSA) is 75.4 Å². The number of anilines is 1. The minimum absolute atomic E-state index is 0.167. The van der Waals surface area contributed by atoms with E-state index >= 15 is 0 Å². The van der Waals surface area contributed by atoms with Gasteiger partial charge in [0.25, 0.3) is 5.91 Å². The van der Waals surface area contributed by atoms with Crippen molar-refractivity contribution in [1.82, 2.24) is 5.32 Å². The number of carbonyl (C=O) groups is 1. The summed E-state index contributed by atoms with van der Waals surface area (Å²) in [5, 5.41) is 14.1. The zero-order valence-electron chi connectivity index (χ0n) is 12.1. The molecule has 4 nitrogen and oxygen atoms in total. The van der Waals surface area contributed by atoms with E-state index in [-0.39, 0.29) is 11.7 Å². The Kier molecular flexibility index (Phi) is 3.43. The molecule has 0 bridgehead atoms. The lowest BCUT2D eigenvalue weighted by molar-refractivity contribution is 0.0963. The summed E-state index contributed by atoms with van der Waals surface area (Å²) >= 11 is 0. The molecule has 0 atom stereocenters. The predicted molar refractivity (Wildman–Crippen MR) is 88.9 cm³/mol. The second-order valence-electron chi connectivity index (χ2n) is 5.17. The van der Waals surface area contributed by atoms with Gasteiger partial charge in [-0.2, -0.15) is 0 Å². The number of hydrogen-bond acceptors (Lipinski definition) is 3. The van der Waals surface area contributed by atoms with E-state index in [1.807, 2.05) is 36.4 Å². The van der Waals surface area contributed by atoms with Gasteiger partial charge in [0.05, 0.1) is 0 Å². The fourth-order valence-corrected chi connectivity index (χ4v) is 2.51. The molecule has 0 heterocycles. The van der Waals surface area contributed by atoms with E-state index in [0.29, 0.717) is 11.3 Å². The predicted octanol–water partition coefficient (Wildman–Crippen LogP) is 3.15. The van der Waals surface area contributed by atoms with E-state index in [0.717, 1.165) is 21.9 Å². The highest BCUT2D eigenvalue weighted by Crippen LogP contribution is 2.28. The van der Waals surface area contributed by atoms with Crippen LogP contribution in [0.25, 0.3) is 21.9 Å². The first-order valence-corrected chi connectivity index (χ1v) is 6.92. The van der Waals surface area contributed by atoms with Gasteiger partial charge in [0.15, 0.2) is 0 Å². The molecule has 0 saturated heterocycles. The number of aromatic hydroxyl groups is 1. The Bertz CT molecular complexity index is 872. The Balaban J connectivity index is 2.12. The zero-order valence-corrected chi connectivity index (χ0v) is 12.1. The lowest BCUT2D eigenvalue weighted by atomic mass is 9.98. The Morgan fingerprint density at radius 3 is 2.45 bits per heavy atom. The van der Waals surface area contributed by atoms with Crippen molar-refractivity contribution in [2.24, 2.45) is 0 Å². The molecule has 4 N–H and O–H groups in total. The van der Waals surface area contributed by atoms with Crippen LogP contribution in [-0.2, 0) is 0 Å². The van der Waals surface area contributed by atoms with Gasteiger partial charge in [-0.25, -0.2) is 0 Å². The summed E-state index contributed by atoms with van der Waals surface area (Å²) in [6, 6.07) is 16.4. The highest BCUT2D eigenvalue weighted by atomic mass is 16.3. The van der Waals surface area contributed by atoms with Crippen LogP contribution in [0.15, 0.2) is 54.6 Å². The lowest BCUT2D eigenvalue weighted by Gasteiger charge is -2.08. The maximum atomic E-state index is 11.8. The Hall–Kier alpha value is -3.01. The van der Waals surface area contributed by atoms with Gasteiger partial charge in [-0.3, -0.25) is 4.79 Å². The number of benzene rings is 3. The number of carbonyl (C=O) groups excluding carboxylic acids is 1. The van der Waals surface area contributed by atoms with E-state index in [1.165, 1.54) is 0 Å². The second-order valence-corrected chi connectivity index (χ2v) is 5.17. The normalized spacial score (nSPS) is 10.6. The summed E-state index contributed by atoms with van der Waals surface area (Å²) in [5.74, 6) is 0.0744. The molecule has 1 amide bonds. The third-order valence-corrected chi connectivity index (χ3v) is 3.60. The molecule has 0 fully saturated rings. The first-order valence-electron chi connectivity index (χ1n) is 6.92. The van der Waals surface area contributed by atoms with E-state index in [2.05, 4.69) is 5.32 Å². The maximum Gasteiger partial charge on any atom is 0.251 e. The number of hydrogen-bond donors (Lipinski definition) is 3. The molecular weight excluding hydrogens is 276 g/mol. The lowest BCUT2D eigenvalue weighted by Crippen LogP contribution is -2.17. The van der Waals surface area contributed by atoms with Gasteiger partial charge in [0, 0.05) is 18.3 Å². The van der Waals surface area contributed by atoms with E-state index in [4.69, 9.17) is 5.73 Å². The van der Waals surface area contributed by atoms with Crippen LogP contribution in [0.4, 0.5) is 5.69 Å². The van der Waals surface area contributed by atoms with Crippen molar-refractivity contribution in [2.75, 3.05) is 12.8 Å². The summed E-state index contributed by atoms with van der Waals surface area (Å²) in [4.78, 5) is 11.8. The molecule has 0 aliphatic heterocycles. The third kappa shape index (κ3) is 2.59. The van der Waals surface area contributed by atoms with Gasteiger partial charge < -0.3 is 16.2 Å². The molecule has 4 heteroatoms. The Morgan fingerprint density at radius 2 is 1.68 bits per heavy atom. The molecule has 0 aliphatic rings. The van der Waals surface area contributed by atoms with Crippen LogP contribution in [0.1, 0.15) is 10.4 Å². The zero-order chi connectivity index (χ0) is 15.7. The van der Waals surface area contributed by atoms with Crippen LogP contribution in [0.5, 0.6) is 5.75 Å².